The van der Waals surface area contributed by atoms with Crippen LogP contribution in [0.4, 0.5) is 0 Å². The topological polar surface area (TPSA) is 42.2 Å². The average molecular weight is 239 g/mol. The van der Waals surface area contributed by atoms with Crippen molar-refractivity contribution in [3.63, 3.8) is 0 Å². The van der Waals surface area contributed by atoms with Gasteiger partial charge in [0.15, 0.2) is 0 Å². The summed E-state index contributed by atoms with van der Waals surface area (Å²) in [6.07, 6.45) is 4.65. The van der Waals surface area contributed by atoms with Gasteiger partial charge in [0.25, 0.3) is 0 Å². The lowest BCUT2D eigenvalue weighted by molar-refractivity contribution is -0.122. The molecule has 1 saturated heterocycles. The summed E-state index contributed by atoms with van der Waals surface area (Å²) in [5.74, 6) is 3.95. The van der Waals surface area contributed by atoms with E-state index in [0.29, 0.717) is 18.9 Å². The van der Waals surface area contributed by atoms with E-state index in [1.54, 1.807) is 6.26 Å². The highest BCUT2D eigenvalue weighted by Crippen LogP contribution is 2.25. The fourth-order valence-electron chi connectivity index (χ4n) is 1.88. The molecular formula is C12H17NO2S. The smallest absolute Gasteiger partial charge is 0.220 e. The van der Waals surface area contributed by atoms with Crippen LogP contribution in [0.5, 0.6) is 0 Å². The van der Waals surface area contributed by atoms with Crippen LogP contribution >= 0.6 is 11.8 Å². The lowest BCUT2D eigenvalue weighted by Gasteiger charge is -2.20. The zero-order chi connectivity index (χ0) is 11.2. The van der Waals surface area contributed by atoms with Crippen molar-refractivity contribution in [1.29, 1.82) is 0 Å². The molecule has 0 spiro atoms. The molecule has 0 aliphatic carbocycles. The Bertz CT molecular complexity index is 318. The highest BCUT2D eigenvalue weighted by atomic mass is 32.2. The molecule has 1 aromatic heterocycles. The number of furan rings is 1. The summed E-state index contributed by atoms with van der Waals surface area (Å²) < 4.78 is 5.16. The van der Waals surface area contributed by atoms with E-state index in [-0.39, 0.29) is 5.91 Å². The zero-order valence-corrected chi connectivity index (χ0v) is 10.1. The van der Waals surface area contributed by atoms with Crippen LogP contribution in [0.15, 0.2) is 22.8 Å². The molecule has 1 fully saturated rings. The standard InChI is InChI=1S/C12H17NO2S/c14-12(8-10-3-6-16-7-4-10)13-9-11-2-1-5-15-11/h1-2,5,10H,3-4,6-9H2,(H,13,14). The van der Waals surface area contributed by atoms with E-state index >= 15 is 0 Å². The maximum absolute atomic E-state index is 11.6. The molecule has 0 atom stereocenters. The number of carbonyl (C=O) groups is 1. The highest BCUT2D eigenvalue weighted by Gasteiger charge is 2.17. The number of thioether (sulfide) groups is 1. The summed E-state index contributed by atoms with van der Waals surface area (Å²) >= 11 is 1.99. The molecule has 3 nitrogen and oxygen atoms in total. The van der Waals surface area contributed by atoms with Gasteiger partial charge < -0.3 is 9.73 Å². The Morgan fingerprint density at radius 1 is 1.50 bits per heavy atom. The molecule has 0 saturated carbocycles. The average Bonchev–Trinajstić information content (AvgIpc) is 2.81. The molecular weight excluding hydrogens is 222 g/mol. The SMILES string of the molecule is O=C(CC1CCSCC1)NCc1ccco1. The number of nitrogens with one attached hydrogen (secondary N) is 1. The first kappa shape index (κ1) is 11.6. The van der Waals surface area contributed by atoms with Gasteiger partial charge in [-0.1, -0.05) is 0 Å². The predicted octanol–water partition coefficient (Wildman–Crippen LogP) is 2.43. The minimum absolute atomic E-state index is 0.147. The first-order chi connectivity index (χ1) is 7.84. The Hall–Kier alpha value is -0.900. The summed E-state index contributed by atoms with van der Waals surface area (Å²) in [5, 5.41) is 2.89. The van der Waals surface area contributed by atoms with Crippen molar-refractivity contribution in [2.24, 2.45) is 5.92 Å². The quantitative estimate of drug-likeness (QED) is 0.877. The van der Waals surface area contributed by atoms with E-state index in [4.69, 9.17) is 4.42 Å². The van der Waals surface area contributed by atoms with Gasteiger partial charge in [0.1, 0.15) is 5.76 Å². The zero-order valence-electron chi connectivity index (χ0n) is 9.28. The second kappa shape index (κ2) is 5.99. The third-order valence-electron chi connectivity index (χ3n) is 2.85. The Kier molecular flexibility index (Phi) is 4.34. The van der Waals surface area contributed by atoms with Gasteiger partial charge in [-0.2, -0.15) is 11.8 Å². The van der Waals surface area contributed by atoms with Gasteiger partial charge >= 0.3 is 0 Å². The maximum Gasteiger partial charge on any atom is 0.220 e. The lowest BCUT2D eigenvalue weighted by Crippen LogP contribution is -2.26. The van der Waals surface area contributed by atoms with E-state index in [9.17, 15) is 4.79 Å². The van der Waals surface area contributed by atoms with Crippen molar-refractivity contribution >= 4 is 17.7 Å². The number of carbonyl (C=O) groups excluding carboxylic acids is 1. The molecule has 16 heavy (non-hydrogen) atoms. The third kappa shape index (κ3) is 3.59. The molecule has 88 valence electrons. The first-order valence-electron chi connectivity index (χ1n) is 5.71. The van der Waals surface area contributed by atoms with Crippen molar-refractivity contribution in [2.75, 3.05) is 11.5 Å². The van der Waals surface area contributed by atoms with Crippen molar-refractivity contribution in [3.05, 3.63) is 24.2 Å². The fraction of sp³-hybridized carbons (Fsp3) is 0.583. The summed E-state index contributed by atoms with van der Waals surface area (Å²) in [4.78, 5) is 11.6. The summed E-state index contributed by atoms with van der Waals surface area (Å²) in [7, 11) is 0. The van der Waals surface area contributed by atoms with Gasteiger partial charge in [-0.25, -0.2) is 0 Å². The fourth-order valence-corrected chi connectivity index (χ4v) is 3.09. The summed E-state index contributed by atoms with van der Waals surface area (Å²) in [5.41, 5.74) is 0. The van der Waals surface area contributed by atoms with Crippen LogP contribution in [0.25, 0.3) is 0 Å². The second-order valence-electron chi connectivity index (χ2n) is 4.12. The number of rotatable bonds is 4. The maximum atomic E-state index is 11.6. The molecule has 0 bridgehead atoms. The van der Waals surface area contributed by atoms with Crippen LogP contribution < -0.4 is 5.32 Å². The molecule has 0 aromatic carbocycles. The molecule has 1 aliphatic heterocycles. The Morgan fingerprint density at radius 3 is 3.00 bits per heavy atom. The van der Waals surface area contributed by atoms with E-state index in [0.717, 1.165) is 5.76 Å². The van der Waals surface area contributed by atoms with Crippen molar-refractivity contribution < 1.29 is 9.21 Å². The minimum atomic E-state index is 0.147. The van der Waals surface area contributed by atoms with E-state index < -0.39 is 0 Å². The van der Waals surface area contributed by atoms with Crippen LogP contribution in [0.2, 0.25) is 0 Å². The van der Waals surface area contributed by atoms with Crippen LogP contribution in [0.3, 0.4) is 0 Å². The highest BCUT2D eigenvalue weighted by molar-refractivity contribution is 7.99. The molecule has 2 heterocycles. The third-order valence-corrected chi connectivity index (χ3v) is 3.90. The van der Waals surface area contributed by atoms with Crippen molar-refractivity contribution in [3.8, 4) is 0 Å². The molecule has 1 amide bonds. The second-order valence-corrected chi connectivity index (χ2v) is 5.34. The van der Waals surface area contributed by atoms with Gasteiger partial charge in [0.2, 0.25) is 5.91 Å². The van der Waals surface area contributed by atoms with E-state index in [1.165, 1.54) is 24.3 Å². The van der Waals surface area contributed by atoms with Crippen LogP contribution in [0.1, 0.15) is 25.0 Å². The van der Waals surface area contributed by atoms with Gasteiger partial charge in [0, 0.05) is 6.42 Å². The molecule has 0 radical (unpaired) electrons. The van der Waals surface area contributed by atoms with Crippen LogP contribution in [-0.2, 0) is 11.3 Å². The van der Waals surface area contributed by atoms with Gasteiger partial charge in [-0.05, 0) is 42.4 Å². The molecule has 1 aliphatic rings. The largest absolute Gasteiger partial charge is 0.467 e. The van der Waals surface area contributed by atoms with Gasteiger partial charge in [-0.3, -0.25) is 4.79 Å². The minimum Gasteiger partial charge on any atom is -0.467 e. The Balaban J connectivity index is 1.67. The lowest BCUT2D eigenvalue weighted by atomic mass is 9.98. The number of hydrogen-bond donors (Lipinski definition) is 1. The Labute approximate surface area is 100.0 Å². The normalized spacial score (nSPS) is 17.2. The van der Waals surface area contributed by atoms with Gasteiger partial charge in [0.05, 0.1) is 12.8 Å². The van der Waals surface area contributed by atoms with Crippen molar-refractivity contribution in [1.82, 2.24) is 5.32 Å². The molecule has 2 rings (SSSR count). The summed E-state index contributed by atoms with van der Waals surface area (Å²) in [6.45, 7) is 0.507. The monoisotopic (exact) mass is 239 g/mol. The molecule has 1 N–H and O–H groups in total. The van der Waals surface area contributed by atoms with Crippen LogP contribution in [-0.4, -0.2) is 17.4 Å². The Morgan fingerprint density at radius 2 is 2.31 bits per heavy atom. The predicted molar refractivity (Wildman–Crippen MR) is 65.2 cm³/mol. The number of amides is 1. The van der Waals surface area contributed by atoms with E-state index in [2.05, 4.69) is 5.32 Å². The van der Waals surface area contributed by atoms with Gasteiger partial charge in [-0.15, -0.1) is 0 Å². The van der Waals surface area contributed by atoms with Crippen molar-refractivity contribution in [2.45, 2.75) is 25.8 Å². The molecule has 4 heteroatoms. The first-order valence-corrected chi connectivity index (χ1v) is 6.87. The van der Waals surface area contributed by atoms with Crippen LogP contribution in [0, 0.1) is 5.92 Å². The molecule has 1 aromatic rings. The van der Waals surface area contributed by atoms with E-state index in [1.807, 2.05) is 23.9 Å². The molecule has 0 unspecified atom stereocenters. The number of hydrogen-bond acceptors (Lipinski definition) is 3. The summed E-state index contributed by atoms with van der Waals surface area (Å²) in [6, 6.07) is 3.71.